The maximum atomic E-state index is 13.6. The molecule has 7 heteroatoms. The Labute approximate surface area is 240 Å². The van der Waals surface area contributed by atoms with Crippen molar-refractivity contribution < 1.29 is 19.2 Å². The van der Waals surface area contributed by atoms with E-state index in [4.69, 9.17) is 9.47 Å². The normalized spacial score (nSPS) is 14.5. The monoisotopic (exact) mass is 550 g/mol. The predicted molar refractivity (Wildman–Crippen MR) is 158 cm³/mol. The molecule has 1 aliphatic heterocycles. The second kappa shape index (κ2) is 12.8. The first-order chi connectivity index (χ1) is 20.0. The highest BCUT2D eigenvalue weighted by molar-refractivity contribution is 5.81. The van der Waals surface area contributed by atoms with E-state index in [-0.39, 0.29) is 22.5 Å². The number of non-ortho nitro benzene ring substituents is 1. The number of hydrogen-bond acceptors (Lipinski definition) is 6. The number of ether oxygens (including phenoxy) is 2. The van der Waals surface area contributed by atoms with E-state index >= 15 is 0 Å². The van der Waals surface area contributed by atoms with Gasteiger partial charge < -0.3 is 9.47 Å². The van der Waals surface area contributed by atoms with Crippen molar-refractivity contribution >= 4 is 11.7 Å². The number of carbonyl (C=O) groups excluding carboxylic acids is 1. The SMILES string of the molecule is CCOC(=O)C(c1ccccc1)C(c1ccc(OC)cc1)c1cccc2c1CCN(Cc1ccc([N+](=O)[O-])cc1)C2. The van der Waals surface area contributed by atoms with Crippen molar-refractivity contribution in [3.63, 3.8) is 0 Å². The molecule has 0 saturated heterocycles. The standard InChI is InChI=1S/C34H34N2O5/c1-3-41-34(37)33(25-8-5-4-6-9-25)32(26-14-18-29(40-2)19-15-26)31-11-7-10-27-23-35(21-20-30(27)31)22-24-12-16-28(17-13-24)36(38)39/h4-19,32-33H,3,20-23H2,1-2H3. The maximum absolute atomic E-state index is 13.6. The molecule has 5 rings (SSSR count). The van der Waals surface area contributed by atoms with Gasteiger partial charge in [-0.25, -0.2) is 0 Å². The summed E-state index contributed by atoms with van der Waals surface area (Å²) < 4.78 is 11.1. The Morgan fingerprint density at radius 3 is 2.32 bits per heavy atom. The van der Waals surface area contributed by atoms with Crippen LogP contribution in [0.3, 0.4) is 0 Å². The zero-order chi connectivity index (χ0) is 28.8. The number of carbonyl (C=O) groups is 1. The van der Waals surface area contributed by atoms with Gasteiger partial charge >= 0.3 is 5.97 Å². The van der Waals surface area contributed by atoms with Crippen molar-refractivity contribution in [1.82, 2.24) is 4.90 Å². The van der Waals surface area contributed by atoms with Crippen LogP contribution >= 0.6 is 0 Å². The van der Waals surface area contributed by atoms with Gasteiger partial charge in [0.05, 0.1) is 24.6 Å². The summed E-state index contributed by atoms with van der Waals surface area (Å²) in [6.07, 6.45) is 0.829. The average Bonchev–Trinajstić information content (AvgIpc) is 3.00. The largest absolute Gasteiger partial charge is 0.497 e. The number of esters is 1. The van der Waals surface area contributed by atoms with Crippen LogP contribution in [0, 0.1) is 10.1 Å². The van der Waals surface area contributed by atoms with Crippen molar-refractivity contribution in [3.05, 3.63) is 141 Å². The number of benzene rings is 4. The number of hydrogen-bond donors (Lipinski definition) is 0. The van der Waals surface area contributed by atoms with Crippen molar-refractivity contribution in [2.75, 3.05) is 20.3 Å². The van der Waals surface area contributed by atoms with E-state index in [9.17, 15) is 14.9 Å². The maximum Gasteiger partial charge on any atom is 0.314 e. The van der Waals surface area contributed by atoms with E-state index < -0.39 is 5.92 Å². The summed E-state index contributed by atoms with van der Waals surface area (Å²) in [6.45, 7) is 4.45. The van der Waals surface area contributed by atoms with Gasteiger partial charge in [0.2, 0.25) is 0 Å². The fraction of sp³-hybridized carbons (Fsp3) is 0.265. The summed E-state index contributed by atoms with van der Waals surface area (Å²) >= 11 is 0. The topological polar surface area (TPSA) is 81.9 Å². The quantitative estimate of drug-likeness (QED) is 0.125. The van der Waals surface area contributed by atoms with Gasteiger partial charge in [0, 0.05) is 37.7 Å². The summed E-state index contributed by atoms with van der Waals surface area (Å²) in [6, 6.07) is 31.0. The molecule has 1 aliphatic rings. The third-order valence-electron chi connectivity index (χ3n) is 7.78. The molecular weight excluding hydrogens is 516 g/mol. The Hall–Kier alpha value is -4.49. The van der Waals surface area contributed by atoms with E-state index in [2.05, 4.69) is 23.1 Å². The summed E-state index contributed by atoms with van der Waals surface area (Å²) in [7, 11) is 1.65. The zero-order valence-electron chi connectivity index (χ0n) is 23.4. The van der Waals surface area contributed by atoms with Gasteiger partial charge in [-0.3, -0.25) is 19.8 Å². The van der Waals surface area contributed by atoms with Crippen molar-refractivity contribution in [2.24, 2.45) is 0 Å². The van der Waals surface area contributed by atoms with Gasteiger partial charge in [-0.2, -0.15) is 0 Å². The van der Waals surface area contributed by atoms with Crippen LogP contribution in [0.5, 0.6) is 5.75 Å². The highest BCUT2D eigenvalue weighted by Gasteiger charge is 2.36. The highest BCUT2D eigenvalue weighted by Crippen LogP contribution is 2.43. The number of methoxy groups -OCH3 is 1. The summed E-state index contributed by atoms with van der Waals surface area (Å²) in [5.41, 5.74) is 6.70. The first-order valence-corrected chi connectivity index (χ1v) is 13.9. The van der Waals surface area contributed by atoms with Crippen LogP contribution in [-0.4, -0.2) is 36.1 Å². The first-order valence-electron chi connectivity index (χ1n) is 13.9. The highest BCUT2D eigenvalue weighted by atomic mass is 16.6. The van der Waals surface area contributed by atoms with Gasteiger partial charge in [0.15, 0.2) is 0 Å². The van der Waals surface area contributed by atoms with E-state index in [1.807, 2.05) is 73.7 Å². The fourth-order valence-corrected chi connectivity index (χ4v) is 5.82. The number of nitrogens with zero attached hydrogens (tertiary/aromatic N) is 2. The smallest absolute Gasteiger partial charge is 0.314 e. The summed E-state index contributed by atoms with van der Waals surface area (Å²) in [4.78, 5) is 26.7. The van der Waals surface area contributed by atoms with Gasteiger partial charge in [-0.15, -0.1) is 0 Å². The van der Waals surface area contributed by atoms with Crippen LogP contribution in [-0.2, 0) is 29.0 Å². The Kier molecular flexibility index (Phi) is 8.75. The molecule has 0 bridgehead atoms. The molecule has 4 aromatic rings. The number of nitro benzene ring substituents is 1. The second-order valence-corrected chi connectivity index (χ2v) is 10.3. The molecule has 2 unspecified atom stereocenters. The lowest BCUT2D eigenvalue weighted by Gasteiger charge is -2.34. The molecule has 0 radical (unpaired) electrons. The third kappa shape index (κ3) is 6.31. The number of fused-ring (bicyclic) bond motifs is 1. The summed E-state index contributed by atoms with van der Waals surface area (Å²) in [5.74, 6) is -0.252. The van der Waals surface area contributed by atoms with Crippen LogP contribution in [0.15, 0.2) is 97.1 Å². The molecule has 210 valence electrons. The molecule has 41 heavy (non-hydrogen) atoms. The Morgan fingerprint density at radius 2 is 1.66 bits per heavy atom. The van der Waals surface area contributed by atoms with Crippen LogP contribution < -0.4 is 4.74 Å². The third-order valence-corrected chi connectivity index (χ3v) is 7.78. The predicted octanol–water partition coefficient (Wildman–Crippen LogP) is 6.64. The van der Waals surface area contributed by atoms with Crippen molar-refractivity contribution in [3.8, 4) is 5.75 Å². The zero-order valence-corrected chi connectivity index (χ0v) is 23.4. The lowest BCUT2D eigenvalue weighted by Crippen LogP contribution is -2.32. The number of rotatable bonds is 10. The van der Waals surface area contributed by atoms with E-state index in [1.54, 1.807) is 19.2 Å². The minimum absolute atomic E-state index is 0.0986. The van der Waals surface area contributed by atoms with Crippen LogP contribution in [0.1, 0.15) is 52.1 Å². The van der Waals surface area contributed by atoms with Crippen molar-refractivity contribution in [1.29, 1.82) is 0 Å². The van der Waals surface area contributed by atoms with E-state index in [1.165, 1.54) is 11.1 Å². The first kappa shape index (κ1) is 28.1. The van der Waals surface area contributed by atoms with E-state index in [0.29, 0.717) is 13.2 Å². The minimum Gasteiger partial charge on any atom is -0.497 e. The van der Waals surface area contributed by atoms with Gasteiger partial charge in [-0.05, 0) is 58.9 Å². The Balaban J connectivity index is 1.52. The molecule has 7 nitrogen and oxygen atoms in total. The molecule has 0 aliphatic carbocycles. The molecule has 0 fully saturated rings. The number of nitro groups is 1. The molecular formula is C34H34N2O5. The second-order valence-electron chi connectivity index (χ2n) is 10.3. The molecule has 1 heterocycles. The summed E-state index contributed by atoms with van der Waals surface area (Å²) in [5, 5.41) is 11.0. The van der Waals surface area contributed by atoms with Gasteiger partial charge in [0.25, 0.3) is 5.69 Å². The molecule has 0 spiro atoms. The molecule has 0 aromatic heterocycles. The van der Waals surface area contributed by atoms with Crippen LogP contribution in [0.25, 0.3) is 0 Å². The fourth-order valence-electron chi connectivity index (χ4n) is 5.82. The Bertz CT molecular complexity index is 1490. The van der Waals surface area contributed by atoms with Crippen LogP contribution in [0.2, 0.25) is 0 Å². The molecule has 2 atom stereocenters. The van der Waals surface area contributed by atoms with Crippen molar-refractivity contribution in [2.45, 2.75) is 38.3 Å². The molecule has 0 saturated carbocycles. The lowest BCUT2D eigenvalue weighted by molar-refractivity contribution is -0.384. The molecule has 0 amide bonds. The minimum atomic E-state index is -0.519. The van der Waals surface area contributed by atoms with Gasteiger partial charge in [0.1, 0.15) is 5.75 Å². The Morgan fingerprint density at radius 1 is 0.927 bits per heavy atom. The lowest BCUT2D eigenvalue weighted by atomic mass is 9.74. The molecule has 0 N–H and O–H groups in total. The van der Waals surface area contributed by atoms with E-state index in [0.717, 1.165) is 47.5 Å². The van der Waals surface area contributed by atoms with Gasteiger partial charge in [-0.1, -0.05) is 72.8 Å². The average molecular weight is 551 g/mol. The van der Waals surface area contributed by atoms with Crippen LogP contribution in [0.4, 0.5) is 5.69 Å². The molecule has 4 aromatic carbocycles.